The molecule has 0 aromatic heterocycles. The third-order valence-electron chi connectivity index (χ3n) is 6.49. The number of carbonyl (C=O) groups is 4. The summed E-state index contributed by atoms with van der Waals surface area (Å²) in [7, 11) is 0. The van der Waals surface area contributed by atoms with E-state index in [4.69, 9.17) is 4.74 Å². The Balaban J connectivity index is 1.27. The van der Waals surface area contributed by atoms with Crippen LogP contribution in [0.4, 0.5) is 5.69 Å². The van der Waals surface area contributed by atoms with Crippen LogP contribution < -0.4 is 4.74 Å². The van der Waals surface area contributed by atoms with Crippen LogP contribution in [0.25, 0.3) is 0 Å². The molecular formula is C23H19N3O7. The van der Waals surface area contributed by atoms with E-state index in [0.29, 0.717) is 37.2 Å². The molecule has 3 heterocycles. The van der Waals surface area contributed by atoms with Crippen molar-refractivity contribution in [3.63, 3.8) is 0 Å². The molecule has 3 amide bonds. The van der Waals surface area contributed by atoms with Crippen molar-refractivity contribution in [3.8, 4) is 5.75 Å². The molecule has 1 saturated heterocycles. The van der Waals surface area contributed by atoms with Gasteiger partial charge in [0, 0.05) is 32.0 Å². The first-order valence-corrected chi connectivity index (χ1v) is 10.5. The predicted molar refractivity (Wildman–Crippen MR) is 113 cm³/mol. The fourth-order valence-corrected chi connectivity index (χ4v) is 4.73. The van der Waals surface area contributed by atoms with Gasteiger partial charge in [-0.2, -0.15) is 0 Å². The molecule has 0 N–H and O–H groups in total. The van der Waals surface area contributed by atoms with E-state index in [1.165, 1.54) is 17.0 Å². The second kappa shape index (κ2) is 7.51. The van der Waals surface area contributed by atoms with Gasteiger partial charge in [-0.25, -0.2) is 0 Å². The number of likely N-dealkylation sites (tertiary alicyclic amines) is 1. The van der Waals surface area contributed by atoms with Crippen LogP contribution in [-0.2, 0) is 4.79 Å². The average Bonchev–Trinajstić information content (AvgIpc) is 3.04. The molecule has 0 saturated carbocycles. The number of imide groups is 1. The lowest BCUT2D eigenvalue weighted by atomic mass is 9.82. The van der Waals surface area contributed by atoms with E-state index in [-0.39, 0.29) is 23.3 Å². The number of hydrogen-bond donors (Lipinski definition) is 0. The molecule has 2 aromatic rings. The maximum absolute atomic E-state index is 12.9. The van der Waals surface area contributed by atoms with Crippen molar-refractivity contribution < 1.29 is 28.8 Å². The van der Waals surface area contributed by atoms with Crippen molar-refractivity contribution in [2.45, 2.75) is 24.9 Å². The molecule has 3 aliphatic heterocycles. The summed E-state index contributed by atoms with van der Waals surface area (Å²) < 4.78 is 6.16. The number of amides is 3. The summed E-state index contributed by atoms with van der Waals surface area (Å²) in [5.74, 6) is -1.46. The molecule has 1 fully saturated rings. The number of nitro groups is 1. The number of para-hydroxylation sites is 1. The van der Waals surface area contributed by atoms with Gasteiger partial charge < -0.3 is 9.64 Å². The van der Waals surface area contributed by atoms with Crippen LogP contribution in [0.3, 0.4) is 0 Å². The molecule has 1 spiro atoms. The number of rotatable bonds is 3. The third kappa shape index (κ3) is 3.34. The van der Waals surface area contributed by atoms with E-state index >= 15 is 0 Å². The summed E-state index contributed by atoms with van der Waals surface area (Å²) in [6.07, 6.45) is 1.10. The molecule has 33 heavy (non-hydrogen) atoms. The van der Waals surface area contributed by atoms with Gasteiger partial charge in [-0.1, -0.05) is 18.2 Å². The zero-order valence-corrected chi connectivity index (χ0v) is 17.5. The lowest BCUT2D eigenvalue weighted by Crippen LogP contribution is -2.54. The van der Waals surface area contributed by atoms with Gasteiger partial charge in [0.2, 0.25) is 5.91 Å². The maximum Gasteiger partial charge on any atom is 0.282 e. The fraction of sp³-hybridized carbons (Fsp3) is 0.304. The predicted octanol–water partition coefficient (Wildman–Crippen LogP) is 2.22. The summed E-state index contributed by atoms with van der Waals surface area (Å²) in [4.78, 5) is 63.6. The largest absolute Gasteiger partial charge is 0.486 e. The monoisotopic (exact) mass is 449 g/mol. The van der Waals surface area contributed by atoms with Crippen LogP contribution >= 0.6 is 0 Å². The van der Waals surface area contributed by atoms with Crippen LogP contribution in [0.1, 0.15) is 50.3 Å². The van der Waals surface area contributed by atoms with E-state index in [2.05, 4.69) is 0 Å². The van der Waals surface area contributed by atoms with E-state index in [0.717, 1.165) is 11.0 Å². The first-order chi connectivity index (χ1) is 15.8. The highest BCUT2D eigenvalue weighted by Gasteiger charge is 2.45. The zero-order chi connectivity index (χ0) is 23.3. The van der Waals surface area contributed by atoms with Gasteiger partial charge in [-0.3, -0.25) is 34.2 Å². The molecule has 5 rings (SSSR count). The minimum absolute atomic E-state index is 0.00393. The number of ether oxygens (including phenoxy) is 1. The van der Waals surface area contributed by atoms with Crippen LogP contribution in [0.2, 0.25) is 0 Å². The minimum atomic E-state index is -0.845. The first kappa shape index (κ1) is 20.8. The van der Waals surface area contributed by atoms with Crippen molar-refractivity contribution in [3.05, 3.63) is 69.3 Å². The Morgan fingerprint density at radius 2 is 1.70 bits per heavy atom. The number of piperidine rings is 1. The Bertz CT molecular complexity index is 1230. The van der Waals surface area contributed by atoms with Crippen molar-refractivity contribution in [1.29, 1.82) is 0 Å². The maximum atomic E-state index is 12.9. The second-order valence-electron chi connectivity index (χ2n) is 8.42. The molecule has 0 unspecified atom stereocenters. The van der Waals surface area contributed by atoms with Gasteiger partial charge in [0.1, 0.15) is 23.5 Å². The van der Waals surface area contributed by atoms with Crippen LogP contribution in [0.15, 0.2) is 42.5 Å². The van der Waals surface area contributed by atoms with Gasteiger partial charge >= 0.3 is 0 Å². The standard InChI is InChI=1S/C23H19N3O7/c27-17-12-23(33-18-7-2-1-4-14(17)18)8-10-24(11-9-23)19(28)13-25-21(29)15-5-3-6-16(26(31)32)20(15)22(25)30/h1-7H,8-13H2. The molecule has 2 aromatic carbocycles. The number of carbonyl (C=O) groups excluding carboxylic acids is 4. The summed E-state index contributed by atoms with van der Waals surface area (Å²) in [6, 6.07) is 10.9. The molecule has 0 aliphatic carbocycles. The van der Waals surface area contributed by atoms with E-state index in [9.17, 15) is 29.3 Å². The SMILES string of the molecule is O=C1CC2(CCN(C(=O)CN3C(=O)c4cccc([N+](=O)[O-])c4C3=O)CC2)Oc2ccccc21. The third-order valence-corrected chi connectivity index (χ3v) is 6.49. The molecule has 10 heteroatoms. The quantitative estimate of drug-likeness (QED) is 0.399. The number of fused-ring (bicyclic) bond motifs is 2. The Labute approximate surface area is 187 Å². The summed E-state index contributed by atoms with van der Waals surface area (Å²) >= 11 is 0. The van der Waals surface area contributed by atoms with Crippen molar-refractivity contribution in [2.24, 2.45) is 0 Å². The number of nitro benzene ring substituents is 1. The molecular weight excluding hydrogens is 430 g/mol. The van der Waals surface area contributed by atoms with Gasteiger partial charge in [0.15, 0.2) is 5.78 Å². The van der Waals surface area contributed by atoms with Crippen molar-refractivity contribution in [1.82, 2.24) is 9.80 Å². The Kier molecular flexibility index (Phi) is 4.73. The van der Waals surface area contributed by atoms with E-state index < -0.39 is 40.5 Å². The fourth-order valence-electron chi connectivity index (χ4n) is 4.73. The Morgan fingerprint density at radius 1 is 1.00 bits per heavy atom. The second-order valence-corrected chi connectivity index (χ2v) is 8.42. The molecule has 168 valence electrons. The highest BCUT2D eigenvalue weighted by atomic mass is 16.6. The molecule has 3 aliphatic rings. The molecule has 0 atom stereocenters. The molecule has 10 nitrogen and oxygen atoms in total. The van der Waals surface area contributed by atoms with Gasteiger partial charge in [-0.05, 0) is 18.2 Å². The van der Waals surface area contributed by atoms with E-state index in [1.54, 1.807) is 24.3 Å². The highest BCUT2D eigenvalue weighted by Crippen LogP contribution is 2.39. The zero-order valence-electron chi connectivity index (χ0n) is 17.5. The van der Waals surface area contributed by atoms with E-state index in [1.807, 2.05) is 0 Å². The Hall–Kier alpha value is -4.08. The number of nitrogens with zero attached hydrogens (tertiary/aromatic N) is 3. The summed E-state index contributed by atoms with van der Waals surface area (Å²) in [6.45, 7) is 0.105. The minimum Gasteiger partial charge on any atom is -0.486 e. The number of Topliss-reactive ketones (excluding diaryl/α,β-unsaturated/α-hetero) is 1. The van der Waals surface area contributed by atoms with Crippen LogP contribution in [0, 0.1) is 10.1 Å². The highest BCUT2D eigenvalue weighted by molar-refractivity contribution is 6.24. The molecule has 0 bridgehead atoms. The Morgan fingerprint density at radius 3 is 2.42 bits per heavy atom. The van der Waals surface area contributed by atoms with Gasteiger partial charge in [0.05, 0.1) is 22.5 Å². The topological polar surface area (TPSA) is 127 Å². The average molecular weight is 449 g/mol. The van der Waals surface area contributed by atoms with Crippen molar-refractivity contribution >= 4 is 29.2 Å². The van der Waals surface area contributed by atoms with Crippen molar-refractivity contribution in [2.75, 3.05) is 19.6 Å². The smallest absolute Gasteiger partial charge is 0.282 e. The number of benzene rings is 2. The lowest BCUT2D eigenvalue weighted by molar-refractivity contribution is -0.385. The van der Waals surface area contributed by atoms with Crippen LogP contribution in [-0.4, -0.2) is 63.5 Å². The van der Waals surface area contributed by atoms with Crippen LogP contribution in [0.5, 0.6) is 5.75 Å². The summed E-state index contributed by atoms with van der Waals surface area (Å²) in [5.41, 5.74) is -0.947. The summed E-state index contributed by atoms with van der Waals surface area (Å²) in [5, 5.41) is 11.2. The first-order valence-electron chi connectivity index (χ1n) is 10.5. The number of ketones is 1. The van der Waals surface area contributed by atoms with Gasteiger partial charge in [-0.15, -0.1) is 0 Å². The number of hydrogen-bond acceptors (Lipinski definition) is 7. The molecule has 0 radical (unpaired) electrons. The lowest BCUT2D eigenvalue weighted by Gasteiger charge is -2.44. The van der Waals surface area contributed by atoms with Gasteiger partial charge in [0.25, 0.3) is 17.5 Å². The normalized spacial score (nSPS) is 18.7.